The van der Waals surface area contributed by atoms with Crippen LogP contribution in [-0.4, -0.2) is 34.2 Å². The van der Waals surface area contributed by atoms with Gasteiger partial charge in [-0.05, 0) is 12.1 Å². The van der Waals surface area contributed by atoms with E-state index < -0.39 is 17.7 Å². The van der Waals surface area contributed by atoms with Crippen molar-refractivity contribution in [3.05, 3.63) is 29.8 Å². The molecule has 0 aromatic heterocycles. The number of carboxylic acids is 1. The minimum Gasteiger partial charge on any atom is -0.507 e. The molecule has 0 aliphatic carbocycles. The molecule has 1 amide bonds. The zero-order chi connectivity index (χ0) is 13.2. The number of carbonyl (C=O) groups is 2. The van der Waals surface area contributed by atoms with E-state index in [9.17, 15) is 14.7 Å². The topological polar surface area (TPSA) is 124 Å². The highest BCUT2D eigenvalue weighted by Crippen LogP contribution is 2.19. The number of carboxylic acid groups (broad SMARTS) is 1. The molecule has 8 nitrogen and oxygen atoms in total. The number of benzene rings is 1. The van der Waals surface area contributed by atoms with Crippen molar-refractivity contribution in [2.24, 2.45) is 15.2 Å². The van der Waals surface area contributed by atoms with Gasteiger partial charge >= 0.3 is 11.8 Å². The minimum atomic E-state index is -2.15. The third kappa shape index (κ3) is 1.90. The van der Waals surface area contributed by atoms with Crippen molar-refractivity contribution in [1.82, 2.24) is 5.32 Å². The van der Waals surface area contributed by atoms with Crippen LogP contribution in [0.4, 0.5) is 0 Å². The third-order valence-electron chi connectivity index (χ3n) is 2.23. The van der Waals surface area contributed by atoms with E-state index in [4.69, 9.17) is 5.11 Å². The molecule has 1 heterocycles. The van der Waals surface area contributed by atoms with Crippen molar-refractivity contribution >= 4 is 18.2 Å². The Balaban J connectivity index is 2.27. The number of hydrogen-bond acceptors (Lipinski definition) is 6. The molecule has 18 heavy (non-hydrogen) atoms. The Morgan fingerprint density at radius 2 is 2.00 bits per heavy atom. The van der Waals surface area contributed by atoms with Crippen LogP contribution in [0.25, 0.3) is 0 Å². The van der Waals surface area contributed by atoms with Crippen LogP contribution in [0.2, 0.25) is 0 Å². The van der Waals surface area contributed by atoms with Gasteiger partial charge in [0, 0.05) is 0 Å². The van der Waals surface area contributed by atoms with Gasteiger partial charge in [0.25, 0.3) is 5.91 Å². The summed E-state index contributed by atoms with van der Waals surface area (Å²) in [5.74, 6) is -4.70. The van der Waals surface area contributed by atoms with Gasteiger partial charge < -0.3 is 10.2 Å². The summed E-state index contributed by atoms with van der Waals surface area (Å²) in [6.07, 6.45) is 0.930. The van der Waals surface area contributed by atoms with Gasteiger partial charge in [-0.25, -0.2) is 9.79 Å². The van der Waals surface area contributed by atoms with E-state index in [0.29, 0.717) is 0 Å². The minimum absolute atomic E-state index is 0.0737. The largest absolute Gasteiger partial charge is 0.507 e. The number of para-hydroxylation sites is 1. The first-order valence-corrected chi connectivity index (χ1v) is 4.85. The number of nitrogens with one attached hydrogen (secondary N) is 1. The van der Waals surface area contributed by atoms with Gasteiger partial charge in [0.15, 0.2) is 0 Å². The summed E-state index contributed by atoms with van der Waals surface area (Å²) in [5, 5.41) is 27.2. The van der Waals surface area contributed by atoms with Crippen LogP contribution < -0.4 is 5.32 Å². The van der Waals surface area contributed by atoms with Crippen LogP contribution >= 0.6 is 0 Å². The number of phenolic OH excluding ortho intramolecular Hbond substituents is 1. The molecule has 0 saturated carbocycles. The van der Waals surface area contributed by atoms with Gasteiger partial charge in [-0.3, -0.25) is 10.1 Å². The van der Waals surface area contributed by atoms with Crippen LogP contribution in [0.15, 0.2) is 39.5 Å². The average Bonchev–Trinajstić information content (AvgIpc) is 2.79. The summed E-state index contributed by atoms with van der Waals surface area (Å²) in [5.41, 5.74) is -0.0737. The van der Waals surface area contributed by atoms with E-state index >= 15 is 0 Å². The maximum absolute atomic E-state index is 11.8. The van der Waals surface area contributed by atoms with Gasteiger partial charge in [0.05, 0.1) is 5.56 Å². The molecule has 0 bridgehead atoms. The number of azo groups is 1. The number of aliphatic carboxylic acids is 1. The lowest BCUT2D eigenvalue weighted by Crippen LogP contribution is -2.50. The second-order valence-electron chi connectivity index (χ2n) is 3.41. The monoisotopic (exact) mass is 248 g/mol. The van der Waals surface area contributed by atoms with Crippen LogP contribution in [0.5, 0.6) is 5.75 Å². The van der Waals surface area contributed by atoms with Crippen molar-refractivity contribution in [2.75, 3.05) is 0 Å². The van der Waals surface area contributed by atoms with E-state index in [1.807, 2.05) is 0 Å². The van der Waals surface area contributed by atoms with Crippen LogP contribution in [0.1, 0.15) is 10.4 Å². The number of amides is 1. The zero-order valence-electron chi connectivity index (χ0n) is 8.94. The summed E-state index contributed by atoms with van der Waals surface area (Å²) >= 11 is 0. The van der Waals surface area contributed by atoms with Crippen molar-refractivity contribution in [2.45, 2.75) is 5.79 Å². The average molecular weight is 248 g/mol. The van der Waals surface area contributed by atoms with Gasteiger partial charge in [-0.15, -0.1) is 10.2 Å². The molecule has 92 valence electrons. The fraction of sp³-hybridized carbons (Fsp3) is 0.100. The van der Waals surface area contributed by atoms with Crippen LogP contribution in [-0.2, 0) is 4.79 Å². The Morgan fingerprint density at radius 1 is 1.28 bits per heavy atom. The Morgan fingerprint density at radius 3 is 2.56 bits per heavy atom. The Labute approximate surface area is 101 Å². The van der Waals surface area contributed by atoms with E-state index in [-0.39, 0.29) is 11.3 Å². The molecule has 0 radical (unpaired) electrons. The van der Waals surface area contributed by atoms with Gasteiger partial charge in [0.2, 0.25) is 0 Å². The number of aromatic hydroxyl groups is 1. The van der Waals surface area contributed by atoms with E-state index in [1.165, 1.54) is 24.3 Å². The first-order valence-electron chi connectivity index (χ1n) is 4.85. The molecule has 8 heteroatoms. The highest BCUT2D eigenvalue weighted by molar-refractivity contribution is 6.00. The Kier molecular flexibility index (Phi) is 2.76. The quantitative estimate of drug-likeness (QED) is 0.713. The highest BCUT2D eigenvalue weighted by Gasteiger charge is 2.42. The SMILES string of the molecule is O=C(NC1(C(=O)O)N=CN=N1)c1ccccc1O. The molecule has 0 saturated heterocycles. The Bertz CT molecular complexity index is 555. The summed E-state index contributed by atoms with van der Waals surface area (Å²) in [6.45, 7) is 0. The summed E-state index contributed by atoms with van der Waals surface area (Å²) in [7, 11) is 0. The van der Waals surface area contributed by atoms with Crippen LogP contribution in [0.3, 0.4) is 0 Å². The standard InChI is InChI=1S/C10H8N4O4/c15-7-4-2-1-3-6(7)8(16)13-10(9(17)18)11-5-12-14-10/h1-5,15H,(H,13,16)(H,17,18). The first-order chi connectivity index (χ1) is 8.55. The van der Waals surface area contributed by atoms with E-state index in [1.54, 1.807) is 0 Å². The first kappa shape index (κ1) is 11.7. The van der Waals surface area contributed by atoms with Crippen molar-refractivity contribution < 1.29 is 19.8 Å². The molecule has 1 aliphatic heterocycles. The lowest BCUT2D eigenvalue weighted by molar-refractivity contribution is -0.143. The third-order valence-corrected chi connectivity index (χ3v) is 2.23. The fourth-order valence-electron chi connectivity index (χ4n) is 1.34. The molecular weight excluding hydrogens is 240 g/mol. The van der Waals surface area contributed by atoms with E-state index in [2.05, 4.69) is 20.5 Å². The summed E-state index contributed by atoms with van der Waals surface area (Å²) in [6, 6.07) is 5.71. The molecule has 1 aliphatic rings. The number of aliphatic imine (C=N–C) groups is 1. The normalized spacial score (nSPS) is 20.9. The number of nitrogens with zero attached hydrogens (tertiary/aromatic N) is 3. The van der Waals surface area contributed by atoms with Crippen molar-refractivity contribution in [3.8, 4) is 5.75 Å². The summed E-state index contributed by atoms with van der Waals surface area (Å²) in [4.78, 5) is 26.3. The molecule has 1 aromatic rings. The van der Waals surface area contributed by atoms with Crippen LogP contribution in [0, 0.1) is 0 Å². The maximum atomic E-state index is 11.8. The predicted octanol–water partition coefficient (Wildman–Crippen LogP) is 0.354. The van der Waals surface area contributed by atoms with E-state index in [0.717, 1.165) is 6.34 Å². The highest BCUT2D eigenvalue weighted by atomic mass is 16.4. The smallest absolute Gasteiger partial charge is 0.378 e. The number of hydrogen-bond donors (Lipinski definition) is 3. The second kappa shape index (κ2) is 4.24. The molecule has 2 rings (SSSR count). The molecular formula is C10H8N4O4. The fourth-order valence-corrected chi connectivity index (χ4v) is 1.34. The number of phenols is 1. The van der Waals surface area contributed by atoms with Gasteiger partial charge in [-0.1, -0.05) is 12.1 Å². The van der Waals surface area contributed by atoms with Crippen molar-refractivity contribution in [3.63, 3.8) is 0 Å². The second-order valence-corrected chi connectivity index (χ2v) is 3.41. The number of rotatable bonds is 3. The lowest BCUT2D eigenvalue weighted by Gasteiger charge is -2.17. The summed E-state index contributed by atoms with van der Waals surface area (Å²) < 4.78 is 0. The Hall–Kier alpha value is -2.77. The molecule has 1 unspecified atom stereocenters. The van der Waals surface area contributed by atoms with Gasteiger partial charge in [-0.2, -0.15) is 0 Å². The lowest BCUT2D eigenvalue weighted by atomic mass is 10.2. The van der Waals surface area contributed by atoms with Gasteiger partial charge in [0.1, 0.15) is 12.1 Å². The van der Waals surface area contributed by atoms with Crippen molar-refractivity contribution in [1.29, 1.82) is 0 Å². The number of carbonyl (C=O) groups excluding carboxylic acids is 1. The molecule has 1 atom stereocenters. The maximum Gasteiger partial charge on any atom is 0.378 e. The molecule has 3 N–H and O–H groups in total. The molecule has 0 spiro atoms. The molecule has 1 aromatic carbocycles. The zero-order valence-corrected chi connectivity index (χ0v) is 8.94. The predicted molar refractivity (Wildman–Crippen MR) is 59.3 cm³/mol. The molecule has 0 fully saturated rings.